The summed E-state index contributed by atoms with van der Waals surface area (Å²) in [4.78, 5) is 26.5. The number of alkyl halides is 3. The van der Waals surface area contributed by atoms with Gasteiger partial charge in [0.15, 0.2) is 5.41 Å². The number of hydrogen-bond acceptors (Lipinski definition) is 3. The molecule has 1 saturated carbocycles. The molecule has 1 amide bonds. The fourth-order valence-electron chi connectivity index (χ4n) is 3.82. The van der Waals surface area contributed by atoms with Gasteiger partial charge in [-0.15, -0.1) is 11.8 Å². The van der Waals surface area contributed by atoms with Crippen molar-refractivity contribution in [2.75, 3.05) is 13.1 Å². The van der Waals surface area contributed by atoms with Gasteiger partial charge in [0, 0.05) is 18.0 Å². The minimum Gasteiger partial charge on any atom is -0.481 e. The lowest BCUT2D eigenvalue weighted by atomic mass is 9.86. The van der Waals surface area contributed by atoms with Crippen molar-refractivity contribution in [2.45, 2.75) is 47.9 Å². The molecule has 142 valence electrons. The standard InChI is InChI=1S/C18H20F3NO3S/c19-18(20,21)16(15(24)25)10-11-22(12-16)14(23)17(8-4-5-9-17)26-13-6-2-1-3-7-13/h1-3,6-7H,4-5,8-12H2,(H,24,25). The number of nitrogens with zero attached hydrogens (tertiary/aromatic N) is 1. The van der Waals surface area contributed by atoms with Crippen molar-refractivity contribution >= 4 is 23.6 Å². The first-order valence-electron chi connectivity index (χ1n) is 8.54. The second-order valence-corrected chi connectivity index (χ2v) is 8.44. The molecule has 1 heterocycles. The molecule has 4 nitrogen and oxygen atoms in total. The maximum atomic E-state index is 13.4. The van der Waals surface area contributed by atoms with Crippen LogP contribution >= 0.6 is 11.8 Å². The van der Waals surface area contributed by atoms with Crippen LogP contribution in [0, 0.1) is 5.41 Å². The third kappa shape index (κ3) is 3.19. The van der Waals surface area contributed by atoms with Gasteiger partial charge < -0.3 is 10.0 Å². The molecule has 1 aliphatic heterocycles. The molecule has 2 fully saturated rings. The van der Waals surface area contributed by atoms with Crippen molar-refractivity contribution < 1.29 is 27.9 Å². The number of carbonyl (C=O) groups is 2. The molecule has 3 rings (SSSR count). The summed E-state index contributed by atoms with van der Waals surface area (Å²) in [5, 5.41) is 9.20. The second kappa shape index (κ2) is 6.79. The molecule has 8 heteroatoms. The Kier molecular flexibility index (Phi) is 4.98. The molecular weight excluding hydrogens is 367 g/mol. The number of halogens is 3. The lowest BCUT2D eigenvalue weighted by molar-refractivity contribution is -0.227. The normalized spacial score (nSPS) is 25.4. The van der Waals surface area contributed by atoms with Gasteiger partial charge in [-0.05, 0) is 31.4 Å². The summed E-state index contributed by atoms with van der Waals surface area (Å²) in [5.74, 6) is -2.27. The van der Waals surface area contributed by atoms with Crippen LogP contribution in [-0.2, 0) is 9.59 Å². The highest BCUT2D eigenvalue weighted by Crippen LogP contribution is 2.50. The summed E-state index contributed by atoms with van der Waals surface area (Å²) in [6.07, 6.45) is -2.62. The molecule has 0 bridgehead atoms. The van der Waals surface area contributed by atoms with Crippen LogP contribution in [0.15, 0.2) is 35.2 Å². The maximum Gasteiger partial charge on any atom is 0.406 e. The highest BCUT2D eigenvalue weighted by molar-refractivity contribution is 8.01. The first-order valence-corrected chi connectivity index (χ1v) is 9.35. The zero-order chi connectivity index (χ0) is 19.0. The molecule has 26 heavy (non-hydrogen) atoms. The summed E-state index contributed by atoms with van der Waals surface area (Å²) >= 11 is 1.39. The molecule has 0 aromatic heterocycles. The van der Waals surface area contributed by atoms with Crippen LogP contribution in [0.5, 0.6) is 0 Å². The molecule has 1 aromatic rings. The molecule has 2 aliphatic rings. The van der Waals surface area contributed by atoms with E-state index in [0.29, 0.717) is 12.8 Å². The van der Waals surface area contributed by atoms with Crippen LogP contribution in [0.2, 0.25) is 0 Å². The highest BCUT2D eigenvalue weighted by Gasteiger charge is 2.65. The van der Waals surface area contributed by atoms with Crippen molar-refractivity contribution in [3.8, 4) is 0 Å². The molecule has 1 N–H and O–H groups in total. The Balaban J connectivity index is 1.84. The fourth-order valence-corrected chi connectivity index (χ4v) is 5.27. The minimum atomic E-state index is -4.89. The third-order valence-electron chi connectivity index (χ3n) is 5.37. The quantitative estimate of drug-likeness (QED) is 0.850. The van der Waals surface area contributed by atoms with Crippen molar-refractivity contribution in [3.63, 3.8) is 0 Å². The smallest absolute Gasteiger partial charge is 0.406 e. The molecule has 1 unspecified atom stereocenters. The number of carboxylic acids is 1. The van der Waals surface area contributed by atoms with Gasteiger partial charge in [-0.25, -0.2) is 0 Å². The SMILES string of the molecule is O=C(N1CCC(C(=O)O)(C(F)(F)F)C1)C1(Sc2ccccc2)CCCC1. The average Bonchev–Trinajstić information content (AvgIpc) is 3.23. The van der Waals surface area contributed by atoms with Gasteiger partial charge in [-0.1, -0.05) is 31.0 Å². The lowest BCUT2D eigenvalue weighted by Gasteiger charge is -2.33. The summed E-state index contributed by atoms with van der Waals surface area (Å²) in [6.45, 7) is -0.983. The van der Waals surface area contributed by atoms with Crippen molar-refractivity contribution in [3.05, 3.63) is 30.3 Å². The van der Waals surface area contributed by atoms with E-state index in [-0.39, 0.29) is 12.5 Å². The van der Waals surface area contributed by atoms with E-state index < -0.39 is 35.3 Å². The van der Waals surface area contributed by atoms with E-state index in [1.165, 1.54) is 11.8 Å². The summed E-state index contributed by atoms with van der Waals surface area (Å²) in [7, 11) is 0. The monoisotopic (exact) mass is 387 g/mol. The van der Waals surface area contributed by atoms with Crippen molar-refractivity contribution in [2.24, 2.45) is 5.41 Å². The Morgan fingerprint density at radius 2 is 1.69 bits per heavy atom. The minimum absolute atomic E-state index is 0.179. The number of rotatable bonds is 4. The van der Waals surface area contributed by atoms with Crippen LogP contribution < -0.4 is 0 Å². The average molecular weight is 387 g/mol. The van der Waals surface area contributed by atoms with Gasteiger partial charge in [0.25, 0.3) is 0 Å². The first kappa shape index (κ1) is 19.1. The number of carboxylic acid groups (broad SMARTS) is 1. The Morgan fingerprint density at radius 3 is 2.19 bits per heavy atom. The zero-order valence-corrected chi connectivity index (χ0v) is 14.9. The molecule has 1 saturated heterocycles. The number of likely N-dealkylation sites (tertiary alicyclic amines) is 1. The van der Waals surface area contributed by atoms with Crippen LogP contribution in [0.25, 0.3) is 0 Å². The predicted octanol–water partition coefficient (Wildman–Crippen LogP) is 3.96. The molecule has 0 spiro atoms. The maximum absolute atomic E-state index is 13.4. The van der Waals surface area contributed by atoms with Gasteiger partial charge in [-0.3, -0.25) is 9.59 Å². The van der Waals surface area contributed by atoms with Crippen molar-refractivity contribution in [1.82, 2.24) is 4.90 Å². The third-order valence-corrected chi connectivity index (χ3v) is 6.85. The Morgan fingerprint density at radius 1 is 1.08 bits per heavy atom. The molecule has 1 aliphatic carbocycles. The molecule has 1 aromatic carbocycles. The van der Waals surface area contributed by atoms with Crippen LogP contribution in [0.3, 0.4) is 0 Å². The molecule has 0 radical (unpaired) electrons. The Labute approximate surface area is 153 Å². The lowest BCUT2D eigenvalue weighted by Crippen LogP contribution is -2.50. The number of amides is 1. The molecular formula is C18H20F3NO3S. The summed E-state index contributed by atoms with van der Waals surface area (Å²) in [6, 6.07) is 9.31. The van der Waals surface area contributed by atoms with Crippen molar-refractivity contribution in [1.29, 1.82) is 0 Å². The fraction of sp³-hybridized carbons (Fsp3) is 0.556. The predicted molar refractivity (Wildman–Crippen MR) is 90.8 cm³/mol. The highest BCUT2D eigenvalue weighted by atomic mass is 32.2. The van der Waals surface area contributed by atoms with Gasteiger partial charge in [0.2, 0.25) is 5.91 Å². The number of carbonyl (C=O) groups excluding carboxylic acids is 1. The van der Waals surface area contributed by atoms with E-state index in [1.54, 1.807) is 0 Å². The van der Waals surface area contributed by atoms with Crippen LogP contribution in [0.1, 0.15) is 32.1 Å². The van der Waals surface area contributed by atoms with E-state index in [1.807, 2.05) is 30.3 Å². The van der Waals surface area contributed by atoms with E-state index in [4.69, 9.17) is 0 Å². The number of thioether (sulfide) groups is 1. The van der Waals surface area contributed by atoms with E-state index in [0.717, 1.165) is 22.6 Å². The van der Waals surface area contributed by atoms with E-state index in [2.05, 4.69) is 0 Å². The second-order valence-electron chi connectivity index (χ2n) is 6.98. The number of benzene rings is 1. The zero-order valence-electron chi connectivity index (χ0n) is 14.1. The van der Waals surface area contributed by atoms with Gasteiger partial charge in [0.05, 0.1) is 4.75 Å². The largest absolute Gasteiger partial charge is 0.481 e. The number of hydrogen-bond donors (Lipinski definition) is 1. The van der Waals surface area contributed by atoms with Crippen LogP contribution in [0.4, 0.5) is 13.2 Å². The topological polar surface area (TPSA) is 57.6 Å². The van der Waals surface area contributed by atoms with E-state index >= 15 is 0 Å². The Bertz CT molecular complexity index is 689. The van der Waals surface area contributed by atoms with Crippen LogP contribution in [-0.4, -0.2) is 45.9 Å². The van der Waals surface area contributed by atoms with Gasteiger partial charge in [-0.2, -0.15) is 13.2 Å². The van der Waals surface area contributed by atoms with Gasteiger partial charge in [0.1, 0.15) is 0 Å². The summed E-state index contributed by atoms with van der Waals surface area (Å²) in [5.41, 5.74) is -2.86. The Hall–Kier alpha value is -1.70. The molecule has 1 atom stereocenters. The summed E-state index contributed by atoms with van der Waals surface area (Å²) < 4.78 is 39.4. The first-order chi connectivity index (χ1) is 12.2. The van der Waals surface area contributed by atoms with E-state index in [9.17, 15) is 27.9 Å². The van der Waals surface area contributed by atoms with Gasteiger partial charge >= 0.3 is 12.1 Å². The number of aliphatic carboxylic acids is 1.